The summed E-state index contributed by atoms with van der Waals surface area (Å²) in [5, 5.41) is 3.69. The van der Waals surface area contributed by atoms with Crippen LogP contribution in [-0.2, 0) is 24.7 Å². The average molecular weight is 492 g/mol. The lowest BCUT2D eigenvalue weighted by Crippen LogP contribution is -2.23. The number of thioether (sulfide) groups is 1. The Balaban J connectivity index is 1.52. The van der Waals surface area contributed by atoms with Crippen LogP contribution < -0.4 is 15.6 Å². The summed E-state index contributed by atoms with van der Waals surface area (Å²) in [6, 6.07) is 16.8. The Bertz CT molecular complexity index is 1410. The van der Waals surface area contributed by atoms with E-state index >= 15 is 0 Å². The highest BCUT2D eigenvalue weighted by atomic mass is 32.2. The van der Waals surface area contributed by atoms with Gasteiger partial charge in [0.1, 0.15) is 15.8 Å². The highest BCUT2D eigenvalue weighted by Gasteiger charge is 2.27. The molecule has 174 valence electrons. The number of methoxy groups -OCH3 is 1. The fourth-order valence-electron chi connectivity index (χ4n) is 4.29. The highest BCUT2D eigenvalue weighted by molar-refractivity contribution is 8.00. The van der Waals surface area contributed by atoms with Crippen molar-refractivity contribution in [3.05, 3.63) is 81.0 Å². The van der Waals surface area contributed by atoms with Crippen LogP contribution >= 0.6 is 23.1 Å². The van der Waals surface area contributed by atoms with E-state index in [4.69, 9.17) is 9.72 Å². The van der Waals surface area contributed by atoms with E-state index in [1.165, 1.54) is 22.2 Å². The number of nitrogens with zero attached hydrogens (tertiary/aromatic N) is 2. The van der Waals surface area contributed by atoms with Gasteiger partial charge in [0.15, 0.2) is 5.16 Å². The minimum absolute atomic E-state index is 0.0353. The van der Waals surface area contributed by atoms with Crippen molar-refractivity contribution in [3.8, 4) is 5.75 Å². The largest absolute Gasteiger partial charge is 0.497 e. The average Bonchev–Trinajstić information content (AvgIpc) is 3.24. The van der Waals surface area contributed by atoms with Crippen molar-refractivity contribution in [2.75, 3.05) is 12.4 Å². The zero-order valence-electron chi connectivity index (χ0n) is 19.0. The molecule has 1 unspecified atom stereocenters. The molecule has 0 saturated heterocycles. The number of hydrogen-bond acceptors (Lipinski definition) is 6. The van der Waals surface area contributed by atoms with E-state index in [-0.39, 0.29) is 11.5 Å². The molecule has 1 aliphatic rings. The van der Waals surface area contributed by atoms with Gasteiger partial charge in [-0.2, -0.15) is 0 Å². The van der Waals surface area contributed by atoms with Gasteiger partial charge < -0.3 is 10.1 Å². The van der Waals surface area contributed by atoms with Gasteiger partial charge in [-0.05, 0) is 48.9 Å². The highest BCUT2D eigenvalue weighted by Crippen LogP contribution is 2.38. The Labute approximate surface area is 206 Å². The maximum Gasteiger partial charge on any atom is 0.262 e. The summed E-state index contributed by atoms with van der Waals surface area (Å²) in [4.78, 5) is 33.7. The quantitative estimate of drug-likeness (QED) is 0.291. The molecular weight excluding hydrogens is 466 g/mol. The molecule has 2 aromatic carbocycles. The van der Waals surface area contributed by atoms with Crippen LogP contribution in [-0.4, -0.2) is 22.6 Å². The number of amides is 1. The third kappa shape index (κ3) is 4.35. The second-order valence-corrected chi connectivity index (χ2v) is 10.4. The maximum atomic E-state index is 13.5. The summed E-state index contributed by atoms with van der Waals surface area (Å²) < 4.78 is 6.86. The van der Waals surface area contributed by atoms with Gasteiger partial charge in [-0.15, -0.1) is 11.3 Å². The molecule has 0 aliphatic heterocycles. The lowest BCUT2D eigenvalue weighted by molar-refractivity contribution is -0.115. The Kier molecular flexibility index (Phi) is 6.43. The molecule has 2 aromatic heterocycles. The summed E-state index contributed by atoms with van der Waals surface area (Å²) in [7, 11) is 3.33. The Hall–Kier alpha value is -3.10. The molecule has 0 fully saturated rings. The number of carbonyl (C=O) groups is 1. The molecule has 6 nitrogen and oxygen atoms in total. The van der Waals surface area contributed by atoms with Crippen LogP contribution in [0.4, 0.5) is 5.69 Å². The van der Waals surface area contributed by atoms with Crippen LogP contribution in [0.5, 0.6) is 5.75 Å². The second kappa shape index (κ2) is 9.64. The van der Waals surface area contributed by atoms with Gasteiger partial charge in [0.05, 0.1) is 12.5 Å². The SMILES string of the molecule is COc1cccc(NC(=O)C(Sc2nc3sc4c(c3c(=O)n2C)CCCC4)c2ccccc2)c1. The fourth-order valence-corrected chi connectivity index (χ4v) is 6.65. The van der Waals surface area contributed by atoms with Crippen LogP contribution in [0.3, 0.4) is 0 Å². The fraction of sp³-hybridized carbons (Fsp3) is 0.269. The third-order valence-corrected chi connectivity index (χ3v) is 8.54. The molecule has 4 aromatic rings. The molecule has 0 saturated carbocycles. The van der Waals surface area contributed by atoms with Crippen LogP contribution in [0.2, 0.25) is 0 Å². The number of aryl methyl sites for hydroxylation is 2. The number of anilines is 1. The normalized spacial score (nSPS) is 13.9. The number of hydrogen-bond donors (Lipinski definition) is 1. The molecule has 1 aliphatic carbocycles. The van der Waals surface area contributed by atoms with E-state index in [2.05, 4.69) is 5.32 Å². The number of fused-ring (bicyclic) bond motifs is 3. The summed E-state index contributed by atoms with van der Waals surface area (Å²) in [5.41, 5.74) is 2.63. The smallest absolute Gasteiger partial charge is 0.262 e. The summed E-state index contributed by atoms with van der Waals surface area (Å²) in [6.45, 7) is 0. The molecule has 1 N–H and O–H groups in total. The van der Waals surface area contributed by atoms with Crippen molar-refractivity contribution in [1.29, 1.82) is 0 Å². The topological polar surface area (TPSA) is 73.2 Å². The monoisotopic (exact) mass is 491 g/mol. The summed E-state index contributed by atoms with van der Waals surface area (Å²) in [6.07, 6.45) is 4.22. The van der Waals surface area contributed by atoms with E-state index < -0.39 is 5.25 Å². The van der Waals surface area contributed by atoms with Crippen molar-refractivity contribution in [2.24, 2.45) is 7.05 Å². The van der Waals surface area contributed by atoms with E-state index in [1.54, 1.807) is 36.1 Å². The first kappa shape index (κ1) is 22.7. The molecule has 0 radical (unpaired) electrons. The van der Waals surface area contributed by atoms with Crippen LogP contribution in [0.25, 0.3) is 10.2 Å². The number of ether oxygens (including phenoxy) is 1. The van der Waals surface area contributed by atoms with Gasteiger partial charge in [-0.1, -0.05) is 48.2 Å². The lowest BCUT2D eigenvalue weighted by atomic mass is 9.97. The van der Waals surface area contributed by atoms with Gasteiger partial charge in [-0.3, -0.25) is 14.2 Å². The van der Waals surface area contributed by atoms with Gasteiger partial charge >= 0.3 is 0 Å². The van der Waals surface area contributed by atoms with Gasteiger partial charge in [0.25, 0.3) is 5.56 Å². The summed E-state index contributed by atoms with van der Waals surface area (Å²) >= 11 is 2.92. The van der Waals surface area contributed by atoms with E-state index in [9.17, 15) is 9.59 Å². The number of carbonyl (C=O) groups excluding carboxylic acids is 1. The molecule has 1 amide bonds. The molecule has 1 atom stereocenters. The van der Waals surface area contributed by atoms with Gasteiger partial charge in [-0.25, -0.2) is 4.98 Å². The molecule has 0 spiro atoms. The standard InChI is InChI=1S/C26H25N3O3S2/c1-29-25(31)21-19-13-6-7-14-20(19)33-24(21)28-26(29)34-22(16-9-4-3-5-10-16)23(30)27-17-11-8-12-18(15-17)32-2/h3-5,8-12,15,22H,6-7,13-14H2,1-2H3,(H,27,30). The van der Waals surface area contributed by atoms with E-state index in [1.807, 2.05) is 48.5 Å². The minimum atomic E-state index is -0.586. The maximum absolute atomic E-state index is 13.5. The second-order valence-electron chi connectivity index (χ2n) is 8.28. The van der Waals surface area contributed by atoms with E-state index in [0.29, 0.717) is 16.6 Å². The predicted molar refractivity (Wildman–Crippen MR) is 138 cm³/mol. The molecular formula is C26H25N3O3S2. The van der Waals surface area contributed by atoms with E-state index in [0.717, 1.165) is 41.5 Å². The first-order valence-corrected chi connectivity index (χ1v) is 12.9. The Morgan fingerprint density at radius 3 is 2.74 bits per heavy atom. The number of rotatable bonds is 6. The van der Waals surface area contributed by atoms with Crippen LogP contribution in [0.15, 0.2) is 64.5 Å². The van der Waals surface area contributed by atoms with Gasteiger partial charge in [0.2, 0.25) is 5.91 Å². The number of thiophene rings is 1. The first-order valence-electron chi connectivity index (χ1n) is 11.2. The first-order chi connectivity index (χ1) is 16.5. The Morgan fingerprint density at radius 1 is 1.15 bits per heavy atom. The van der Waals surface area contributed by atoms with Crippen molar-refractivity contribution in [1.82, 2.24) is 9.55 Å². The van der Waals surface area contributed by atoms with Crippen molar-refractivity contribution in [3.63, 3.8) is 0 Å². The van der Waals surface area contributed by atoms with Crippen LogP contribution in [0.1, 0.15) is 34.1 Å². The number of benzene rings is 2. The summed E-state index contributed by atoms with van der Waals surface area (Å²) in [5.74, 6) is 0.474. The Morgan fingerprint density at radius 2 is 1.94 bits per heavy atom. The third-order valence-electron chi connectivity index (χ3n) is 6.06. The molecule has 8 heteroatoms. The van der Waals surface area contributed by atoms with Crippen molar-refractivity contribution < 1.29 is 9.53 Å². The van der Waals surface area contributed by atoms with Crippen molar-refractivity contribution in [2.45, 2.75) is 36.1 Å². The van der Waals surface area contributed by atoms with Gasteiger partial charge in [0, 0.05) is 23.7 Å². The minimum Gasteiger partial charge on any atom is -0.497 e. The predicted octanol–water partition coefficient (Wildman–Crippen LogP) is 5.35. The molecule has 0 bridgehead atoms. The number of nitrogens with one attached hydrogen (secondary N) is 1. The lowest BCUT2D eigenvalue weighted by Gasteiger charge is -2.18. The molecule has 2 heterocycles. The van der Waals surface area contributed by atoms with Crippen LogP contribution in [0, 0.1) is 0 Å². The zero-order chi connectivity index (χ0) is 23.7. The number of aromatic nitrogens is 2. The zero-order valence-corrected chi connectivity index (χ0v) is 20.7. The van der Waals surface area contributed by atoms with Crippen molar-refractivity contribution >= 4 is 44.9 Å². The molecule has 5 rings (SSSR count). The molecule has 34 heavy (non-hydrogen) atoms.